The van der Waals surface area contributed by atoms with Crippen molar-refractivity contribution in [3.8, 4) is 0 Å². The van der Waals surface area contributed by atoms with E-state index in [1.54, 1.807) is 62.4 Å². The molecule has 0 fully saturated rings. The highest BCUT2D eigenvalue weighted by Crippen LogP contribution is 2.50. The molecular formula is C22H26NO8P. The van der Waals surface area contributed by atoms with E-state index in [9.17, 15) is 23.8 Å². The highest BCUT2D eigenvalue weighted by Gasteiger charge is 2.41. The predicted molar refractivity (Wildman–Crippen MR) is 116 cm³/mol. The van der Waals surface area contributed by atoms with Crippen molar-refractivity contribution in [2.75, 3.05) is 7.11 Å². The van der Waals surface area contributed by atoms with Crippen LogP contribution in [0.3, 0.4) is 0 Å². The number of carbonyl (C=O) groups excluding carboxylic acids is 3. The van der Waals surface area contributed by atoms with Crippen LogP contribution in [0.15, 0.2) is 60.7 Å². The molecule has 0 aliphatic carbocycles. The van der Waals surface area contributed by atoms with Gasteiger partial charge in [-0.1, -0.05) is 62.4 Å². The van der Waals surface area contributed by atoms with E-state index >= 15 is 0 Å². The van der Waals surface area contributed by atoms with Crippen molar-refractivity contribution in [3.63, 3.8) is 0 Å². The van der Waals surface area contributed by atoms with Gasteiger partial charge in [0, 0.05) is 6.42 Å². The molecule has 1 unspecified atom stereocenters. The van der Waals surface area contributed by atoms with Gasteiger partial charge in [-0.3, -0.25) is 9.09 Å². The van der Waals surface area contributed by atoms with Crippen LogP contribution in [0.5, 0.6) is 0 Å². The maximum Gasteiger partial charge on any atom is 0.415 e. The fourth-order valence-corrected chi connectivity index (χ4v) is 4.54. The van der Waals surface area contributed by atoms with Crippen molar-refractivity contribution >= 4 is 25.6 Å². The van der Waals surface area contributed by atoms with E-state index in [0.29, 0.717) is 5.56 Å². The minimum Gasteiger partial charge on any atom is -0.467 e. The number of hydrogen-bond donors (Lipinski definition) is 2. The summed E-state index contributed by atoms with van der Waals surface area (Å²) < 4.78 is 27.7. The second kappa shape index (κ2) is 11.6. The monoisotopic (exact) mass is 463 g/mol. The Hall–Kier alpha value is -3.00. The maximum absolute atomic E-state index is 13.0. The number of carbonyl (C=O) groups is 3. The van der Waals surface area contributed by atoms with E-state index in [2.05, 4.69) is 5.32 Å². The van der Waals surface area contributed by atoms with Crippen LogP contribution in [0.1, 0.15) is 29.8 Å². The third-order valence-corrected chi connectivity index (χ3v) is 6.43. The molecule has 2 aromatic carbocycles. The highest BCUT2D eigenvalue weighted by atomic mass is 31.2. The van der Waals surface area contributed by atoms with Crippen molar-refractivity contribution in [2.45, 2.75) is 32.2 Å². The van der Waals surface area contributed by atoms with Crippen LogP contribution in [0, 0.1) is 5.92 Å². The smallest absolute Gasteiger partial charge is 0.415 e. The number of ether oxygens (including phenoxy) is 2. The van der Waals surface area contributed by atoms with Gasteiger partial charge in [-0.2, -0.15) is 0 Å². The highest BCUT2D eigenvalue weighted by molar-refractivity contribution is 7.53. The Labute approximate surface area is 186 Å². The van der Waals surface area contributed by atoms with Crippen molar-refractivity contribution < 1.29 is 37.8 Å². The van der Waals surface area contributed by atoms with Gasteiger partial charge in [0.2, 0.25) is 0 Å². The van der Waals surface area contributed by atoms with E-state index < -0.39 is 43.4 Å². The van der Waals surface area contributed by atoms with Crippen molar-refractivity contribution in [2.24, 2.45) is 5.92 Å². The first kappa shape index (κ1) is 25.3. The van der Waals surface area contributed by atoms with Crippen LogP contribution in [0.4, 0.5) is 4.79 Å². The summed E-state index contributed by atoms with van der Waals surface area (Å²) in [5.41, 5.74) is 0.825. The van der Waals surface area contributed by atoms with E-state index in [4.69, 9.17) is 14.0 Å². The zero-order valence-corrected chi connectivity index (χ0v) is 18.9. The average Bonchev–Trinajstić information content (AvgIpc) is 2.77. The number of amides is 1. The lowest BCUT2D eigenvalue weighted by molar-refractivity contribution is -0.149. The molecule has 10 heteroatoms. The van der Waals surface area contributed by atoms with Gasteiger partial charge in [0.1, 0.15) is 5.78 Å². The standard InChI is InChI=1S/C22H26NO8P/c1-15(2)19(23-22(26)30-20(24)17-12-8-5-9-13-17)32(27,28)31-18(21(25)29-3)14-16-10-6-4-7-11-16/h4-13,15,18-19H,14H2,1-3H3,(H,23,26)(H,27,28)/t18-,19-/m1/s1. The normalized spacial score (nSPS) is 14.7. The summed E-state index contributed by atoms with van der Waals surface area (Å²) in [6.07, 6.45) is -2.61. The second-order valence-electron chi connectivity index (χ2n) is 7.25. The van der Waals surface area contributed by atoms with Crippen molar-refractivity contribution in [3.05, 3.63) is 71.8 Å². The molecule has 0 saturated carbocycles. The zero-order chi connectivity index (χ0) is 23.7. The molecule has 32 heavy (non-hydrogen) atoms. The summed E-state index contributed by atoms with van der Waals surface area (Å²) in [6.45, 7) is 3.14. The first-order chi connectivity index (χ1) is 15.1. The SMILES string of the molecule is COC(=O)[C@@H](Cc1ccccc1)OP(=O)(O)[C@@H](NC(=O)OC(=O)c1ccccc1)C(C)C. The summed E-state index contributed by atoms with van der Waals surface area (Å²) in [7, 11) is -3.48. The molecule has 0 bridgehead atoms. The third kappa shape index (κ3) is 7.30. The number of rotatable bonds is 9. The molecule has 172 valence electrons. The van der Waals surface area contributed by atoms with Crippen LogP contribution in [-0.4, -0.2) is 41.9 Å². The Balaban J connectivity index is 2.13. The van der Waals surface area contributed by atoms with Gasteiger partial charge in [-0.15, -0.1) is 0 Å². The predicted octanol–water partition coefficient (Wildman–Crippen LogP) is 3.52. The molecule has 2 aromatic rings. The van der Waals surface area contributed by atoms with Crippen LogP contribution in [0.25, 0.3) is 0 Å². The summed E-state index contributed by atoms with van der Waals surface area (Å²) in [5.74, 6) is -3.80. The van der Waals surface area contributed by atoms with Gasteiger partial charge < -0.3 is 19.7 Å². The van der Waals surface area contributed by atoms with Crippen molar-refractivity contribution in [1.29, 1.82) is 0 Å². The lowest BCUT2D eigenvalue weighted by Crippen LogP contribution is -2.41. The van der Waals surface area contributed by atoms with Crippen LogP contribution in [0.2, 0.25) is 0 Å². The van der Waals surface area contributed by atoms with Crippen LogP contribution < -0.4 is 5.32 Å². The van der Waals surface area contributed by atoms with E-state index in [1.165, 1.54) is 12.1 Å². The van der Waals surface area contributed by atoms with Crippen LogP contribution >= 0.6 is 7.60 Å². The molecule has 9 nitrogen and oxygen atoms in total. The Morgan fingerprint density at radius 3 is 2.09 bits per heavy atom. The Morgan fingerprint density at radius 2 is 1.56 bits per heavy atom. The van der Waals surface area contributed by atoms with Gasteiger partial charge in [0.05, 0.1) is 12.7 Å². The minimum absolute atomic E-state index is 0.0141. The summed E-state index contributed by atoms with van der Waals surface area (Å²) in [4.78, 5) is 47.1. The topological polar surface area (TPSA) is 128 Å². The lowest BCUT2D eigenvalue weighted by atomic mass is 10.1. The Bertz CT molecular complexity index is 964. The Kier molecular flexibility index (Phi) is 9.13. The van der Waals surface area contributed by atoms with Gasteiger partial charge in [-0.25, -0.2) is 14.4 Å². The first-order valence-electron chi connectivity index (χ1n) is 9.84. The van der Waals surface area contributed by atoms with Gasteiger partial charge in [0.15, 0.2) is 6.10 Å². The van der Waals surface area contributed by atoms with E-state index in [-0.39, 0.29) is 12.0 Å². The molecule has 0 radical (unpaired) electrons. The quantitative estimate of drug-likeness (QED) is 0.328. The van der Waals surface area contributed by atoms with Crippen LogP contribution in [-0.2, 0) is 29.8 Å². The second-order valence-corrected chi connectivity index (χ2v) is 9.14. The minimum atomic E-state index is -4.61. The number of nitrogens with one attached hydrogen (secondary N) is 1. The fraction of sp³-hybridized carbons (Fsp3) is 0.318. The maximum atomic E-state index is 13.0. The molecule has 0 aliphatic heterocycles. The van der Waals surface area contributed by atoms with Gasteiger partial charge in [-0.05, 0) is 23.6 Å². The molecule has 3 atom stereocenters. The number of benzene rings is 2. The molecule has 0 aromatic heterocycles. The molecule has 0 aliphatic rings. The first-order valence-corrected chi connectivity index (χ1v) is 11.5. The largest absolute Gasteiger partial charge is 0.467 e. The van der Waals surface area contributed by atoms with E-state index in [0.717, 1.165) is 7.11 Å². The van der Waals surface area contributed by atoms with E-state index in [1.807, 2.05) is 0 Å². The van der Waals surface area contributed by atoms with Crippen molar-refractivity contribution in [1.82, 2.24) is 5.32 Å². The van der Waals surface area contributed by atoms with Gasteiger partial charge in [0.25, 0.3) is 0 Å². The summed E-state index contributed by atoms with van der Waals surface area (Å²) in [6, 6.07) is 16.6. The fourth-order valence-electron chi connectivity index (χ4n) is 2.86. The number of alkyl carbamates (subject to hydrolysis) is 1. The molecular weight excluding hydrogens is 437 g/mol. The zero-order valence-electron chi connectivity index (χ0n) is 18.0. The molecule has 2 rings (SSSR count). The number of methoxy groups -OCH3 is 1. The summed E-state index contributed by atoms with van der Waals surface area (Å²) >= 11 is 0. The molecule has 0 spiro atoms. The third-order valence-electron chi connectivity index (χ3n) is 4.45. The molecule has 2 N–H and O–H groups in total. The summed E-state index contributed by atoms with van der Waals surface area (Å²) in [5, 5.41) is 2.21. The Morgan fingerprint density at radius 1 is 1.00 bits per heavy atom. The average molecular weight is 463 g/mol. The van der Waals surface area contributed by atoms with Gasteiger partial charge >= 0.3 is 25.6 Å². The number of hydrogen-bond acceptors (Lipinski definition) is 7. The number of esters is 2. The lowest BCUT2D eigenvalue weighted by Gasteiger charge is -2.28. The molecule has 0 saturated heterocycles. The molecule has 1 amide bonds. The molecule has 0 heterocycles.